The minimum absolute atomic E-state index is 0.191. The third-order valence-corrected chi connectivity index (χ3v) is 4.81. The molecule has 0 spiro atoms. The fourth-order valence-electron chi connectivity index (χ4n) is 1.80. The fourth-order valence-corrected chi connectivity index (χ4v) is 3.22. The van der Waals surface area contributed by atoms with Crippen molar-refractivity contribution in [2.24, 2.45) is 0 Å². The average molecular weight is 288 g/mol. The zero-order valence-corrected chi connectivity index (χ0v) is 13.0. The van der Waals surface area contributed by atoms with E-state index >= 15 is 0 Å². The zero-order chi connectivity index (χ0) is 14.5. The molecule has 0 fully saturated rings. The van der Waals surface area contributed by atoms with Crippen LogP contribution in [0.2, 0.25) is 0 Å². The molecule has 0 aliphatic rings. The minimum Gasteiger partial charge on any atom is -0.332 e. The van der Waals surface area contributed by atoms with Gasteiger partial charge in [-0.1, -0.05) is 13.8 Å². The lowest BCUT2D eigenvalue weighted by Crippen LogP contribution is -2.33. The number of hydrogen-bond donors (Lipinski definition) is 1. The van der Waals surface area contributed by atoms with E-state index in [2.05, 4.69) is 9.97 Å². The number of nitrogens with zero attached hydrogens (tertiary/aromatic N) is 3. The molecule has 1 heterocycles. The summed E-state index contributed by atoms with van der Waals surface area (Å²) in [6.45, 7) is 5.65. The standard InChI is InChI=1S/C12H24N4O2S/c1-5-11-13-10-12(14-11)19(17,18)16(6-2)9-7-8-15(3)4/h10H,5-9H2,1-4H3,(H,13,14). The van der Waals surface area contributed by atoms with Gasteiger partial charge in [-0.05, 0) is 27.1 Å². The van der Waals surface area contributed by atoms with Crippen LogP contribution in [0.25, 0.3) is 0 Å². The fraction of sp³-hybridized carbons (Fsp3) is 0.750. The van der Waals surface area contributed by atoms with Crippen LogP contribution in [0.4, 0.5) is 0 Å². The first-order valence-corrected chi connectivity index (χ1v) is 8.04. The van der Waals surface area contributed by atoms with Crippen LogP contribution < -0.4 is 0 Å². The molecule has 110 valence electrons. The summed E-state index contributed by atoms with van der Waals surface area (Å²) < 4.78 is 26.3. The van der Waals surface area contributed by atoms with E-state index in [9.17, 15) is 8.42 Å². The molecule has 1 N–H and O–H groups in total. The average Bonchev–Trinajstić information content (AvgIpc) is 2.83. The van der Waals surface area contributed by atoms with Crippen LogP contribution in [0.3, 0.4) is 0 Å². The van der Waals surface area contributed by atoms with Crippen LogP contribution in [0.15, 0.2) is 11.2 Å². The molecule has 6 nitrogen and oxygen atoms in total. The third kappa shape index (κ3) is 4.29. The molecule has 7 heteroatoms. The second kappa shape index (κ2) is 7.02. The number of aromatic nitrogens is 2. The van der Waals surface area contributed by atoms with Crippen molar-refractivity contribution in [3.8, 4) is 0 Å². The molecule has 0 amide bonds. The van der Waals surface area contributed by atoms with Crippen LogP contribution in [-0.2, 0) is 16.4 Å². The third-order valence-electron chi connectivity index (χ3n) is 2.92. The lowest BCUT2D eigenvalue weighted by atomic mass is 10.4. The Bertz CT molecular complexity index is 482. The summed E-state index contributed by atoms with van der Waals surface area (Å²) in [5.74, 6) is 0.697. The molecule has 0 radical (unpaired) electrons. The van der Waals surface area contributed by atoms with E-state index in [4.69, 9.17) is 0 Å². The summed E-state index contributed by atoms with van der Waals surface area (Å²) in [5, 5.41) is 0.191. The minimum atomic E-state index is -3.44. The normalized spacial score (nSPS) is 12.5. The number of sulfonamides is 1. The number of H-pyrrole nitrogens is 1. The van der Waals surface area contributed by atoms with Crippen LogP contribution in [0, 0.1) is 0 Å². The molecule has 0 aliphatic carbocycles. The molecule has 0 atom stereocenters. The second-order valence-electron chi connectivity index (χ2n) is 4.70. The van der Waals surface area contributed by atoms with Crippen LogP contribution in [0.5, 0.6) is 0 Å². The van der Waals surface area contributed by atoms with Gasteiger partial charge < -0.3 is 9.88 Å². The van der Waals surface area contributed by atoms with Crippen molar-refractivity contribution in [3.63, 3.8) is 0 Å². The van der Waals surface area contributed by atoms with Crippen molar-refractivity contribution >= 4 is 10.0 Å². The molecule has 19 heavy (non-hydrogen) atoms. The Hall–Kier alpha value is -0.920. The van der Waals surface area contributed by atoms with Gasteiger partial charge in [0.25, 0.3) is 10.0 Å². The van der Waals surface area contributed by atoms with Gasteiger partial charge in [0.05, 0.1) is 6.20 Å². The molecule has 0 saturated carbocycles. The van der Waals surface area contributed by atoms with Gasteiger partial charge in [-0.15, -0.1) is 0 Å². The molecule has 0 unspecified atom stereocenters. The van der Waals surface area contributed by atoms with Crippen molar-refractivity contribution in [1.82, 2.24) is 19.2 Å². The summed E-state index contributed by atoms with van der Waals surface area (Å²) in [7, 11) is 0.517. The maximum atomic E-state index is 12.4. The molecule has 1 rings (SSSR count). The van der Waals surface area contributed by atoms with E-state index in [-0.39, 0.29) is 5.03 Å². The molecule has 0 aromatic carbocycles. The highest BCUT2D eigenvalue weighted by molar-refractivity contribution is 7.89. The monoisotopic (exact) mass is 288 g/mol. The largest absolute Gasteiger partial charge is 0.332 e. The smallest absolute Gasteiger partial charge is 0.260 e. The summed E-state index contributed by atoms with van der Waals surface area (Å²) in [5.41, 5.74) is 0. The van der Waals surface area contributed by atoms with E-state index in [1.54, 1.807) is 0 Å². The van der Waals surface area contributed by atoms with Gasteiger partial charge in [0.2, 0.25) is 0 Å². The Morgan fingerprint density at radius 2 is 1.95 bits per heavy atom. The number of hydrogen-bond acceptors (Lipinski definition) is 4. The summed E-state index contributed by atoms with van der Waals surface area (Å²) in [6, 6.07) is 0. The highest BCUT2D eigenvalue weighted by atomic mass is 32.2. The van der Waals surface area contributed by atoms with Gasteiger partial charge in [-0.2, -0.15) is 4.31 Å². The van der Waals surface area contributed by atoms with E-state index in [1.165, 1.54) is 10.5 Å². The molecule has 0 saturated heterocycles. The van der Waals surface area contributed by atoms with Crippen LogP contribution >= 0.6 is 0 Å². The number of rotatable bonds is 8. The summed E-state index contributed by atoms with van der Waals surface area (Å²) in [6.07, 6.45) is 2.92. The number of aryl methyl sites for hydroxylation is 1. The SMILES string of the molecule is CCc1ncc(S(=O)(=O)N(CC)CCCN(C)C)[nH]1. The molecule has 1 aromatic rings. The number of imidazole rings is 1. The zero-order valence-electron chi connectivity index (χ0n) is 12.2. The number of aromatic amines is 1. The van der Waals surface area contributed by atoms with E-state index in [1.807, 2.05) is 32.8 Å². The van der Waals surface area contributed by atoms with E-state index in [0.29, 0.717) is 25.3 Å². The maximum absolute atomic E-state index is 12.4. The number of nitrogens with one attached hydrogen (secondary N) is 1. The highest BCUT2D eigenvalue weighted by Gasteiger charge is 2.24. The summed E-state index contributed by atoms with van der Waals surface area (Å²) >= 11 is 0. The van der Waals surface area contributed by atoms with Crippen molar-refractivity contribution in [1.29, 1.82) is 0 Å². The van der Waals surface area contributed by atoms with Crippen LogP contribution in [-0.4, -0.2) is 61.3 Å². The Labute approximate surface area is 115 Å². The Morgan fingerprint density at radius 1 is 1.26 bits per heavy atom. The van der Waals surface area contributed by atoms with E-state index in [0.717, 1.165) is 13.0 Å². The van der Waals surface area contributed by atoms with Gasteiger partial charge in [-0.3, -0.25) is 0 Å². The first kappa shape index (κ1) is 16.1. The Morgan fingerprint density at radius 3 is 2.42 bits per heavy atom. The van der Waals surface area contributed by atoms with Gasteiger partial charge in [0.15, 0.2) is 5.03 Å². The molecule has 1 aromatic heterocycles. The molecular weight excluding hydrogens is 264 g/mol. The predicted octanol–water partition coefficient (Wildman–Crippen LogP) is 0.934. The van der Waals surface area contributed by atoms with E-state index < -0.39 is 10.0 Å². The quantitative estimate of drug-likeness (QED) is 0.773. The lowest BCUT2D eigenvalue weighted by molar-refractivity contribution is 0.355. The van der Waals surface area contributed by atoms with Crippen LogP contribution in [0.1, 0.15) is 26.1 Å². The van der Waals surface area contributed by atoms with Crippen molar-refractivity contribution < 1.29 is 8.42 Å². The van der Waals surface area contributed by atoms with Gasteiger partial charge in [0.1, 0.15) is 5.82 Å². The lowest BCUT2D eigenvalue weighted by Gasteiger charge is -2.20. The predicted molar refractivity (Wildman–Crippen MR) is 75.6 cm³/mol. The highest BCUT2D eigenvalue weighted by Crippen LogP contribution is 2.14. The second-order valence-corrected chi connectivity index (χ2v) is 6.61. The first-order valence-electron chi connectivity index (χ1n) is 6.60. The molecule has 0 aliphatic heterocycles. The Kier molecular flexibility index (Phi) is 5.96. The maximum Gasteiger partial charge on any atom is 0.260 e. The van der Waals surface area contributed by atoms with Crippen molar-refractivity contribution in [2.75, 3.05) is 33.7 Å². The van der Waals surface area contributed by atoms with Gasteiger partial charge >= 0.3 is 0 Å². The van der Waals surface area contributed by atoms with Gasteiger partial charge in [0, 0.05) is 19.5 Å². The van der Waals surface area contributed by atoms with Gasteiger partial charge in [-0.25, -0.2) is 13.4 Å². The van der Waals surface area contributed by atoms with Crippen molar-refractivity contribution in [3.05, 3.63) is 12.0 Å². The Balaban J connectivity index is 2.77. The topological polar surface area (TPSA) is 69.3 Å². The molecule has 0 bridgehead atoms. The summed E-state index contributed by atoms with van der Waals surface area (Å²) in [4.78, 5) is 8.97. The first-order chi connectivity index (χ1) is 8.91. The van der Waals surface area contributed by atoms with Crippen molar-refractivity contribution in [2.45, 2.75) is 31.7 Å². The molecular formula is C12H24N4O2S.